The number of nitrogens with zero attached hydrogens (tertiary/aromatic N) is 3. The summed E-state index contributed by atoms with van der Waals surface area (Å²) in [5, 5.41) is 0. The van der Waals surface area contributed by atoms with Crippen LogP contribution in [0.15, 0.2) is 48.7 Å². The van der Waals surface area contributed by atoms with Gasteiger partial charge >= 0.3 is 0 Å². The van der Waals surface area contributed by atoms with E-state index in [-0.39, 0.29) is 30.7 Å². The Balaban J connectivity index is 0.00000150. The van der Waals surface area contributed by atoms with Crippen LogP contribution in [0.2, 0.25) is 0 Å². The second-order valence-corrected chi connectivity index (χ2v) is 7.44. The number of carbonyl (C=O) groups is 1. The van der Waals surface area contributed by atoms with E-state index in [1.54, 1.807) is 6.20 Å². The van der Waals surface area contributed by atoms with Crippen molar-refractivity contribution in [3.8, 4) is 5.75 Å². The quantitative estimate of drug-likeness (QED) is 0.678. The number of likely N-dealkylation sites (tertiary alicyclic amines) is 2. The summed E-state index contributed by atoms with van der Waals surface area (Å²) in [6.07, 6.45) is 6.57. The van der Waals surface area contributed by atoms with Gasteiger partial charge in [-0.25, -0.2) is 0 Å². The van der Waals surface area contributed by atoms with E-state index in [0.29, 0.717) is 12.6 Å². The number of ether oxygens (including phenoxy) is 1. The van der Waals surface area contributed by atoms with Crippen molar-refractivity contribution >= 4 is 30.7 Å². The van der Waals surface area contributed by atoms with Crippen LogP contribution in [0.4, 0.5) is 0 Å². The molecule has 0 bridgehead atoms. The molecule has 0 spiro atoms. The van der Waals surface area contributed by atoms with E-state index in [2.05, 4.69) is 14.8 Å². The van der Waals surface area contributed by atoms with Gasteiger partial charge in [-0.3, -0.25) is 9.78 Å². The summed E-state index contributed by atoms with van der Waals surface area (Å²) in [5.74, 6) is 0.903. The van der Waals surface area contributed by atoms with Gasteiger partial charge in [0.2, 0.25) is 0 Å². The van der Waals surface area contributed by atoms with E-state index in [0.717, 1.165) is 42.9 Å². The molecular weight excluding hydrogens is 409 g/mol. The van der Waals surface area contributed by atoms with Gasteiger partial charge in [-0.1, -0.05) is 6.07 Å². The normalized spacial score (nSPS) is 18.8. The van der Waals surface area contributed by atoms with Crippen molar-refractivity contribution in [3.63, 3.8) is 0 Å². The molecule has 2 aliphatic rings. The van der Waals surface area contributed by atoms with Crippen molar-refractivity contribution in [2.24, 2.45) is 0 Å². The molecule has 158 valence electrons. The van der Waals surface area contributed by atoms with Crippen LogP contribution in [0.3, 0.4) is 0 Å². The summed E-state index contributed by atoms with van der Waals surface area (Å²) in [6.45, 7) is 4.69. The van der Waals surface area contributed by atoms with Crippen molar-refractivity contribution in [2.45, 2.75) is 38.3 Å². The van der Waals surface area contributed by atoms with Gasteiger partial charge in [-0.2, -0.15) is 0 Å². The van der Waals surface area contributed by atoms with Crippen molar-refractivity contribution < 1.29 is 9.53 Å². The highest BCUT2D eigenvalue weighted by atomic mass is 35.5. The molecule has 5 nitrogen and oxygen atoms in total. The summed E-state index contributed by atoms with van der Waals surface area (Å²) >= 11 is 0. The standard InChI is InChI=1S/C22H27N3O2.2ClH/c26-22(25-15-5-7-20(25)16-24-13-3-4-14-24)18-8-10-21(11-9-18)27-17-19-6-1-2-12-23-19;;/h1-2,6,8-12,20H,3-5,7,13-17H2;2*1H. The third kappa shape index (κ3) is 6.08. The molecular formula is C22H29Cl2N3O2. The van der Waals surface area contributed by atoms with E-state index in [9.17, 15) is 4.79 Å². The molecule has 2 fully saturated rings. The van der Waals surface area contributed by atoms with E-state index in [1.165, 1.54) is 25.9 Å². The molecule has 0 saturated carbocycles. The molecule has 1 atom stereocenters. The van der Waals surface area contributed by atoms with Gasteiger partial charge in [0.05, 0.1) is 5.69 Å². The predicted octanol–water partition coefficient (Wildman–Crippen LogP) is 4.20. The van der Waals surface area contributed by atoms with Crippen LogP contribution < -0.4 is 4.74 Å². The van der Waals surface area contributed by atoms with Gasteiger partial charge in [0.25, 0.3) is 5.91 Å². The lowest BCUT2D eigenvalue weighted by atomic mass is 10.1. The van der Waals surface area contributed by atoms with Gasteiger partial charge in [-0.15, -0.1) is 24.8 Å². The fraction of sp³-hybridized carbons (Fsp3) is 0.455. The van der Waals surface area contributed by atoms with Gasteiger partial charge in [0, 0.05) is 30.9 Å². The third-order valence-corrected chi connectivity index (χ3v) is 5.52. The smallest absolute Gasteiger partial charge is 0.254 e. The first-order valence-corrected chi connectivity index (χ1v) is 9.96. The zero-order valence-corrected chi connectivity index (χ0v) is 18.2. The minimum absolute atomic E-state index is 0. The molecule has 7 heteroatoms. The Morgan fingerprint density at radius 1 is 1.00 bits per heavy atom. The van der Waals surface area contributed by atoms with Crippen molar-refractivity contribution in [2.75, 3.05) is 26.2 Å². The van der Waals surface area contributed by atoms with E-state index in [4.69, 9.17) is 4.74 Å². The molecule has 1 unspecified atom stereocenters. The molecule has 1 aromatic heterocycles. The first kappa shape index (κ1) is 23.5. The van der Waals surface area contributed by atoms with Gasteiger partial charge in [-0.05, 0) is 75.2 Å². The summed E-state index contributed by atoms with van der Waals surface area (Å²) in [4.78, 5) is 21.8. The maximum Gasteiger partial charge on any atom is 0.254 e. The Labute approximate surface area is 185 Å². The lowest BCUT2D eigenvalue weighted by molar-refractivity contribution is 0.0708. The minimum atomic E-state index is 0. The average molecular weight is 438 g/mol. The van der Waals surface area contributed by atoms with Crippen molar-refractivity contribution in [3.05, 3.63) is 59.9 Å². The number of halogens is 2. The van der Waals surface area contributed by atoms with Crippen LogP contribution in [0.1, 0.15) is 41.7 Å². The van der Waals surface area contributed by atoms with Crippen LogP contribution in [-0.2, 0) is 6.61 Å². The molecule has 2 aromatic rings. The summed E-state index contributed by atoms with van der Waals surface area (Å²) < 4.78 is 5.77. The largest absolute Gasteiger partial charge is 0.487 e. The lowest BCUT2D eigenvalue weighted by Gasteiger charge is -2.28. The topological polar surface area (TPSA) is 45.7 Å². The molecule has 29 heavy (non-hydrogen) atoms. The molecule has 2 saturated heterocycles. The number of pyridine rings is 1. The number of benzene rings is 1. The van der Waals surface area contributed by atoms with Crippen molar-refractivity contribution in [1.82, 2.24) is 14.8 Å². The molecule has 3 heterocycles. The monoisotopic (exact) mass is 437 g/mol. The number of rotatable bonds is 6. The fourth-order valence-corrected chi connectivity index (χ4v) is 4.06. The van der Waals surface area contributed by atoms with Crippen LogP contribution in [0, 0.1) is 0 Å². The zero-order chi connectivity index (χ0) is 18.5. The van der Waals surface area contributed by atoms with Crippen molar-refractivity contribution in [1.29, 1.82) is 0 Å². The lowest BCUT2D eigenvalue weighted by Crippen LogP contribution is -2.42. The molecule has 1 amide bonds. The maximum atomic E-state index is 13.0. The first-order valence-electron chi connectivity index (χ1n) is 9.96. The fourth-order valence-electron chi connectivity index (χ4n) is 4.06. The highest BCUT2D eigenvalue weighted by Crippen LogP contribution is 2.23. The Morgan fingerprint density at radius 2 is 1.76 bits per heavy atom. The zero-order valence-electron chi connectivity index (χ0n) is 16.5. The number of aromatic nitrogens is 1. The minimum Gasteiger partial charge on any atom is -0.487 e. The second kappa shape index (κ2) is 11.4. The Morgan fingerprint density at radius 3 is 2.45 bits per heavy atom. The van der Waals surface area contributed by atoms with Crippen LogP contribution in [-0.4, -0.2) is 52.9 Å². The number of hydrogen-bond acceptors (Lipinski definition) is 4. The van der Waals surface area contributed by atoms with Gasteiger partial charge in [0.15, 0.2) is 0 Å². The van der Waals surface area contributed by atoms with Gasteiger partial charge in [0.1, 0.15) is 12.4 Å². The van der Waals surface area contributed by atoms with E-state index < -0.39 is 0 Å². The number of carbonyl (C=O) groups excluding carboxylic acids is 1. The molecule has 4 rings (SSSR count). The number of hydrogen-bond donors (Lipinski definition) is 0. The Bertz CT molecular complexity index is 752. The van der Waals surface area contributed by atoms with Gasteiger partial charge < -0.3 is 14.5 Å². The third-order valence-electron chi connectivity index (χ3n) is 5.52. The highest BCUT2D eigenvalue weighted by Gasteiger charge is 2.31. The summed E-state index contributed by atoms with van der Waals surface area (Å²) in [5.41, 5.74) is 1.63. The molecule has 2 aliphatic heterocycles. The Hall–Kier alpha value is -1.82. The first-order chi connectivity index (χ1) is 13.3. The van der Waals surface area contributed by atoms with E-state index >= 15 is 0 Å². The highest BCUT2D eigenvalue weighted by molar-refractivity contribution is 5.94. The molecule has 1 aromatic carbocycles. The average Bonchev–Trinajstić information content (AvgIpc) is 3.40. The molecule has 0 N–H and O–H groups in total. The Kier molecular flexibility index (Phi) is 9.21. The molecule has 0 aliphatic carbocycles. The predicted molar refractivity (Wildman–Crippen MR) is 119 cm³/mol. The summed E-state index contributed by atoms with van der Waals surface area (Å²) in [6, 6.07) is 13.6. The maximum absolute atomic E-state index is 13.0. The second-order valence-electron chi connectivity index (χ2n) is 7.44. The van der Waals surface area contributed by atoms with Crippen LogP contribution in [0.25, 0.3) is 0 Å². The summed E-state index contributed by atoms with van der Waals surface area (Å²) in [7, 11) is 0. The van der Waals surface area contributed by atoms with E-state index in [1.807, 2.05) is 42.5 Å². The van der Waals surface area contributed by atoms with Crippen LogP contribution in [0.5, 0.6) is 5.75 Å². The molecule has 0 radical (unpaired) electrons. The van der Waals surface area contributed by atoms with Crippen LogP contribution >= 0.6 is 24.8 Å². The number of amides is 1. The SMILES string of the molecule is Cl.Cl.O=C(c1ccc(OCc2ccccn2)cc1)N1CCCC1CN1CCCC1.